The van der Waals surface area contributed by atoms with Crippen LogP contribution in [-0.4, -0.2) is 96.7 Å². The number of phosphoric ester groups is 2. The van der Waals surface area contributed by atoms with Crippen LogP contribution in [0.1, 0.15) is 387 Å². The summed E-state index contributed by atoms with van der Waals surface area (Å²) in [6.45, 7) is 4.90. The van der Waals surface area contributed by atoms with Gasteiger partial charge in [0.2, 0.25) is 0 Å². The van der Waals surface area contributed by atoms with Crippen molar-refractivity contribution in [3.8, 4) is 0 Å². The Morgan fingerprint density at radius 2 is 0.490 bits per heavy atom. The lowest BCUT2D eigenvalue weighted by atomic mass is 10.0. The summed E-state index contributed by atoms with van der Waals surface area (Å²) in [5.74, 6) is -2.16. The summed E-state index contributed by atoms with van der Waals surface area (Å²) in [5, 5.41) is 10.6. The molecule has 0 aliphatic heterocycles. The molecule has 100 heavy (non-hydrogen) atoms. The number of unbranched alkanes of at least 4 members (excludes halogenated alkanes) is 44. The lowest BCUT2D eigenvalue weighted by Gasteiger charge is -2.21. The first kappa shape index (κ1) is 97.0. The number of ether oxygens (including phenoxy) is 4. The summed E-state index contributed by atoms with van der Waals surface area (Å²) in [6, 6.07) is 0. The molecular formula is C81H150O17P2. The molecular weight excluding hydrogens is 1310 g/mol. The predicted molar refractivity (Wildman–Crippen MR) is 409 cm³/mol. The van der Waals surface area contributed by atoms with Crippen LogP contribution < -0.4 is 0 Å². The fraction of sp³-hybridized carbons (Fsp3) is 0.852. The van der Waals surface area contributed by atoms with E-state index >= 15 is 0 Å². The van der Waals surface area contributed by atoms with E-state index < -0.39 is 97.5 Å². The van der Waals surface area contributed by atoms with Crippen molar-refractivity contribution in [2.24, 2.45) is 0 Å². The molecule has 0 spiro atoms. The number of carbonyl (C=O) groups excluding carboxylic acids is 4. The van der Waals surface area contributed by atoms with Gasteiger partial charge in [0.15, 0.2) is 12.2 Å². The third-order valence-corrected chi connectivity index (χ3v) is 19.7. The lowest BCUT2D eigenvalue weighted by molar-refractivity contribution is -0.161. The molecule has 586 valence electrons. The lowest BCUT2D eigenvalue weighted by Crippen LogP contribution is -2.30. The van der Waals surface area contributed by atoms with Crippen LogP contribution in [0.15, 0.2) is 48.6 Å². The summed E-state index contributed by atoms with van der Waals surface area (Å²) in [6.07, 6.45) is 72.2. The minimum Gasteiger partial charge on any atom is -0.462 e. The van der Waals surface area contributed by atoms with E-state index in [2.05, 4.69) is 76.3 Å². The molecule has 0 saturated heterocycles. The SMILES string of the molecule is CCCCC/C=C\C/C=C\CCCCCCCC(=O)OC[C@H](COP(=O)(O)OC[C@@H](O)COP(=O)(O)OC[C@@H](COC(=O)CCCCCCCCC/C=C\CCCCCC)OC(=O)CCCCCCC/C=C\CCCCCCCC)OC(=O)CCCCCCCCCCCCCCCCC. The Balaban J connectivity index is 5.33. The Kier molecular flexibility index (Phi) is 72.1. The summed E-state index contributed by atoms with van der Waals surface area (Å²) in [5.41, 5.74) is 0. The number of carbonyl (C=O) groups is 4. The average Bonchev–Trinajstić information content (AvgIpc) is 1.01. The molecule has 0 aromatic carbocycles. The van der Waals surface area contributed by atoms with E-state index in [-0.39, 0.29) is 25.7 Å². The van der Waals surface area contributed by atoms with Gasteiger partial charge < -0.3 is 33.8 Å². The summed E-state index contributed by atoms with van der Waals surface area (Å²) in [7, 11) is -9.94. The molecule has 3 N–H and O–H groups in total. The zero-order chi connectivity index (χ0) is 73.2. The molecule has 19 heteroatoms. The van der Waals surface area contributed by atoms with Gasteiger partial charge in [-0.15, -0.1) is 0 Å². The van der Waals surface area contributed by atoms with E-state index in [1.807, 2.05) is 0 Å². The zero-order valence-electron chi connectivity index (χ0n) is 64.1. The van der Waals surface area contributed by atoms with Crippen LogP contribution in [0.25, 0.3) is 0 Å². The van der Waals surface area contributed by atoms with Gasteiger partial charge in [-0.05, 0) is 109 Å². The first-order valence-electron chi connectivity index (χ1n) is 40.9. The highest BCUT2D eigenvalue weighted by Crippen LogP contribution is 2.45. The number of allylic oxidation sites excluding steroid dienone is 8. The van der Waals surface area contributed by atoms with Crippen molar-refractivity contribution >= 4 is 39.5 Å². The molecule has 2 unspecified atom stereocenters. The molecule has 0 aliphatic rings. The molecule has 0 rings (SSSR count). The third kappa shape index (κ3) is 73.3. The maximum absolute atomic E-state index is 13.1. The standard InChI is InChI=1S/C81H150O17P2/c1-5-9-13-17-21-25-29-33-37-41-45-49-53-57-61-65-78(83)91-71-76(97-80(85)67-63-59-55-51-47-43-39-35-31-27-23-19-15-11-7-3)73-95-99(87,88)93-69-75(82)70-94-100(89,90)96-74-77(98-81(86)68-64-60-56-52-48-44-40-36-32-28-24-20-16-12-8-4)72-92-79(84)66-62-58-54-50-46-42-38-34-30-26-22-18-14-10-6-2/h21,25-26,30,33,36-37,40,75-77,82H,5-20,22-24,27-29,31-32,34-35,38-39,41-74H2,1-4H3,(H,87,88)(H,89,90)/b25-21-,30-26-,37-33-,40-36-/t75-,76-,77-/m1/s1. The molecule has 0 aromatic heterocycles. The topological polar surface area (TPSA) is 237 Å². The molecule has 5 atom stereocenters. The van der Waals surface area contributed by atoms with Gasteiger partial charge in [0.05, 0.1) is 26.4 Å². The van der Waals surface area contributed by atoms with Crippen molar-refractivity contribution in [2.45, 2.75) is 406 Å². The highest BCUT2D eigenvalue weighted by Gasteiger charge is 2.30. The van der Waals surface area contributed by atoms with Crippen LogP contribution in [0, 0.1) is 0 Å². The largest absolute Gasteiger partial charge is 0.472 e. The van der Waals surface area contributed by atoms with E-state index in [4.69, 9.17) is 37.0 Å². The number of hydrogen-bond donors (Lipinski definition) is 3. The number of aliphatic hydroxyl groups is 1. The maximum atomic E-state index is 13.1. The smallest absolute Gasteiger partial charge is 0.462 e. The highest BCUT2D eigenvalue weighted by atomic mass is 31.2. The number of esters is 4. The van der Waals surface area contributed by atoms with E-state index in [0.29, 0.717) is 25.7 Å². The van der Waals surface area contributed by atoms with Crippen LogP contribution in [0.3, 0.4) is 0 Å². The van der Waals surface area contributed by atoms with Gasteiger partial charge >= 0.3 is 39.5 Å². The number of phosphoric acid groups is 2. The zero-order valence-corrected chi connectivity index (χ0v) is 65.9. The normalized spacial score (nSPS) is 14.1. The Bertz CT molecular complexity index is 2080. The number of hydrogen-bond acceptors (Lipinski definition) is 15. The first-order valence-corrected chi connectivity index (χ1v) is 43.9. The van der Waals surface area contributed by atoms with Crippen LogP contribution in [-0.2, 0) is 65.4 Å². The van der Waals surface area contributed by atoms with Gasteiger partial charge in [0.1, 0.15) is 19.3 Å². The summed E-state index contributed by atoms with van der Waals surface area (Å²) >= 11 is 0. The Morgan fingerprint density at radius 3 is 0.780 bits per heavy atom. The van der Waals surface area contributed by atoms with Gasteiger partial charge in [0, 0.05) is 25.7 Å². The van der Waals surface area contributed by atoms with Crippen LogP contribution in [0.5, 0.6) is 0 Å². The molecule has 0 aromatic rings. The van der Waals surface area contributed by atoms with Gasteiger partial charge in [-0.2, -0.15) is 0 Å². The monoisotopic (exact) mass is 1460 g/mol. The second kappa shape index (κ2) is 74.3. The van der Waals surface area contributed by atoms with E-state index in [1.54, 1.807) is 0 Å². The maximum Gasteiger partial charge on any atom is 0.472 e. The molecule has 17 nitrogen and oxygen atoms in total. The van der Waals surface area contributed by atoms with Crippen molar-refractivity contribution in [3.63, 3.8) is 0 Å². The quantitative estimate of drug-likeness (QED) is 0.0169. The van der Waals surface area contributed by atoms with Crippen LogP contribution >= 0.6 is 15.6 Å². The Labute approximate surface area is 610 Å². The minimum absolute atomic E-state index is 0.0897. The van der Waals surface area contributed by atoms with Crippen LogP contribution in [0.2, 0.25) is 0 Å². The number of rotatable bonds is 78. The number of aliphatic hydroxyl groups excluding tert-OH is 1. The Morgan fingerprint density at radius 1 is 0.280 bits per heavy atom. The minimum atomic E-state index is -4.97. The molecule has 0 aliphatic carbocycles. The molecule has 0 amide bonds. The van der Waals surface area contributed by atoms with E-state index in [1.165, 1.54) is 161 Å². The molecule has 0 saturated carbocycles. The average molecular weight is 1460 g/mol. The summed E-state index contributed by atoms with van der Waals surface area (Å²) in [4.78, 5) is 73.0. The van der Waals surface area contributed by atoms with Gasteiger partial charge in [-0.1, -0.05) is 301 Å². The second-order valence-corrected chi connectivity index (χ2v) is 30.6. The third-order valence-electron chi connectivity index (χ3n) is 17.8. The van der Waals surface area contributed by atoms with Crippen molar-refractivity contribution in [2.75, 3.05) is 39.6 Å². The van der Waals surface area contributed by atoms with E-state index in [9.17, 15) is 43.2 Å². The predicted octanol–water partition coefficient (Wildman–Crippen LogP) is 23.7. The fourth-order valence-corrected chi connectivity index (χ4v) is 13.1. The Hall–Kier alpha value is -2.98. The van der Waals surface area contributed by atoms with Gasteiger partial charge in [0.25, 0.3) is 0 Å². The van der Waals surface area contributed by atoms with Crippen molar-refractivity contribution in [3.05, 3.63) is 48.6 Å². The van der Waals surface area contributed by atoms with Gasteiger partial charge in [-0.25, -0.2) is 9.13 Å². The van der Waals surface area contributed by atoms with Crippen molar-refractivity contribution in [1.82, 2.24) is 0 Å². The molecule has 0 bridgehead atoms. The van der Waals surface area contributed by atoms with E-state index in [0.717, 1.165) is 148 Å². The van der Waals surface area contributed by atoms with Crippen molar-refractivity contribution in [1.29, 1.82) is 0 Å². The second-order valence-electron chi connectivity index (χ2n) is 27.7. The molecule has 0 heterocycles. The van der Waals surface area contributed by atoms with Crippen molar-refractivity contribution < 1.29 is 80.2 Å². The molecule has 0 fully saturated rings. The summed E-state index contributed by atoms with van der Waals surface area (Å²) < 4.78 is 68.7. The van der Waals surface area contributed by atoms with Gasteiger partial charge in [-0.3, -0.25) is 37.3 Å². The molecule has 0 radical (unpaired) electrons. The van der Waals surface area contributed by atoms with Crippen LogP contribution in [0.4, 0.5) is 0 Å². The first-order chi connectivity index (χ1) is 48.7. The fourth-order valence-electron chi connectivity index (χ4n) is 11.5. The highest BCUT2D eigenvalue weighted by molar-refractivity contribution is 7.47.